The smallest absolute Gasteiger partial charge is 0.311 e. The monoisotopic (exact) mass is 640 g/mol. The molecular formula is C31H44O10S2. The Morgan fingerprint density at radius 3 is 1.72 bits per heavy atom. The summed E-state index contributed by atoms with van der Waals surface area (Å²) in [5.74, 6) is -1.80. The van der Waals surface area contributed by atoms with E-state index in [1.165, 1.54) is 38.1 Å². The standard InChI is InChI=1S/C31H44O10S2/c1-21(2)17-26(29(32)38-19-25(6)41-43(36,37)28-15-11-23(4)12-16-28)18-31(7,8)30(33)40-24(5)20-39-42(34,35)27-13-9-22(3)10-14-27/h9-16,21,24-26H,17-20H2,1-8H3. The van der Waals surface area contributed by atoms with Crippen LogP contribution >= 0.6 is 0 Å². The molecule has 2 aromatic carbocycles. The first-order valence-electron chi connectivity index (χ1n) is 14.2. The molecule has 0 aliphatic carbocycles. The molecule has 43 heavy (non-hydrogen) atoms. The molecule has 3 atom stereocenters. The van der Waals surface area contributed by atoms with Gasteiger partial charge in [-0.1, -0.05) is 49.2 Å². The van der Waals surface area contributed by atoms with Crippen LogP contribution in [0.5, 0.6) is 0 Å². The average molecular weight is 641 g/mol. The molecular weight excluding hydrogens is 596 g/mol. The molecule has 0 aliphatic rings. The Kier molecular flexibility index (Phi) is 12.9. The van der Waals surface area contributed by atoms with E-state index in [2.05, 4.69) is 0 Å². The zero-order chi connectivity index (χ0) is 32.6. The van der Waals surface area contributed by atoms with Gasteiger partial charge < -0.3 is 9.47 Å². The third-order valence-corrected chi connectivity index (χ3v) is 9.26. The molecule has 0 aliphatic heterocycles. The van der Waals surface area contributed by atoms with Gasteiger partial charge in [0.05, 0.1) is 21.1 Å². The van der Waals surface area contributed by atoms with E-state index in [1.807, 2.05) is 27.7 Å². The summed E-state index contributed by atoms with van der Waals surface area (Å²) in [6.07, 6.45) is -1.31. The Morgan fingerprint density at radius 1 is 0.744 bits per heavy atom. The van der Waals surface area contributed by atoms with Crippen molar-refractivity contribution in [3.63, 3.8) is 0 Å². The van der Waals surface area contributed by atoms with Gasteiger partial charge in [0.25, 0.3) is 20.2 Å². The molecule has 0 amide bonds. The summed E-state index contributed by atoms with van der Waals surface area (Å²) in [4.78, 5) is 26.1. The van der Waals surface area contributed by atoms with Crippen LogP contribution in [0.25, 0.3) is 0 Å². The second-order valence-corrected chi connectivity index (χ2v) is 15.2. The van der Waals surface area contributed by atoms with E-state index in [4.69, 9.17) is 17.8 Å². The van der Waals surface area contributed by atoms with Gasteiger partial charge in [-0.05, 0) is 84.6 Å². The van der Waals surface area contributed by atoms with E-state index in [1.54, 1.807) is 38.1 Å². The lowest BCUT2D eigenvalue weighted by atomic mass is 9.79. The van der Waals surface area contributed by atoms with Crippen LogP contribution in [-0.2, 0) is 47.7 Å². The molecule has 10 nitrogen and oxygen atoms in total. The molecule has 0 saturated carbocycles. The van der Waals surface area contributed by atoms with Crippen LogP contribution in [0.1, 0.15) is 65.5 Å². The Bertz CT molecular complexity index is 1430. The minimum atomic E-state index is -4.05. The molecule has 0 bridgehead atoms. The summed E-state index contributed by atoms with van der Waals surface area (Å²) < 4.78 is 71.3. The summed E-state index contributed by atoms with van der Waals surface area (Å²) in [5.41, 5.74) is 0.675. The van der Waals surface area contributed by atoms with Gasteiger partial charge >= 0.3 is 11.9 Å². The van der Waals surface area contributed by atoms with Crippen molar-refractivity contribution in [3.05, 3.63) is 59.7 Å². The van der Waals surface area contributed by atoms with Gasteiger partial charge in [0.15, 0.2) is 0 Å². The number of esters is 2. The van der Waals surface area contributed by atoms with Crippen LogP contribution in [0, 0.1) is 31.1 Å². The van der Waals surface area contributed by atoms with Crippen LogP contribution < -0.4 is 0 Å². The highest BCUT2D eigenvalue weighted by molar-refractivity contribution is 7.87. The maximum absolute atomic E-state index is 13.1. The predicted octanol–water partition coefficient (Wildman–Crippen LogP) is 5.36. The van der Waals surface area contributed by atoms with Crippen molar-refractivity contribution in [2.24, 2.45) is 17.3 Å². The van der Waals surface area contributed by atoms with Crippen molar-refractivity contribution in [1.82, 2.24) is 0 Å². The van der Waals surface area contributed by atoms with Gasteiger partial charge in [0.2, 0.25) is 0 Å². The number of aryl methyl sites for hydroxylation is 2. The molecule has 0 heterocycles. The minimum absolute atomic E-state index is 0.000497. The van der Waals surface area contributed by atoms with E-state index in [9.17, 15) is 26.4 Å². The molecule has 0 radical (unpaired) electrons. The summed E-state index contributed by atoms with van der Waals surface area (Å²) in [7, 11) is -8.08. The molecule has 2 rings (SSSR count). The van der Waals surface area contributed by atoms with Crippen molar-refractivity contribution in [2.45, 2.75) is 90.2 Å². The van der Waals surface area contributed by atoms with Gasteiger partial charge in [0, 0.05) is 0 Å². The average Bonchev–Trinajstić information content (AvgIpc) is 2.90. The number of benzene rings is 2. The Hall–Kier alpha value is -2.80. The summed E-state index contributed by atoms with van der Waals surface area (Å²) in [6.45, 7) is 13.1. The van der Waals surface area contributed by atoms with E-state index in [0.29, 0.717) is 6.42 Å². The van der Waals surface area contributed by atoms with Gasteiger partial charge in [0.1, 0.15) is 25.4 Å². The van der Waals surface area contributed by atoms with Crippen LogP contribution in [0.15, 0.2) is 58.3 Å². The molecule has 3 unspecified atom stereocenters. The zero-order valence-corrected chi connectivity index (χ0v) is 27.8. The first-order chi connectivity index (χ1) is 19.8. The highest BCUT2D eigenvalue weighted by Crippen LogP contribution is 2.32. The van der Waals surface area contributed by atoms with Crippen LogP contribution in [0.4, 0.5) is 0 Å². The molecule has 0 saturated heterocycles. The number of carbonyl (C=O) groups excluding carboxylic acids is 2. The van der Waals surface area contributed by atoms with Crippen molar-refractivity contribution in [1.29, 1.82) is 0 Å². The maximum Gasteiger partial charge on any atom is 0.311 e. The highest BCUT2D eigenvalue weighted by atomic mass is 32.2. The number of ether oxygens (including phenoxy) is 2. The summed E-state index contributed by atoms with van der Waals surface area (Å²) in [5, 5.41) is 0. The molecule has 0 spiro atoms. The first kappa shape index (κ1) is 36.4. The summed E-state index contributed by atoms with van der Waals surface area (Å²) >= 11 is 0. The lowest BCUT2D eigenvalue weighted by Gasteiger charge is -2.29. The molecule has 0 fully saturated rings. The molecule has 0 N–H and O–H groups in total. The number of hydrogen-bond donors (Lipinski definition) is 0. The number of carbonyl (C=O) groups is 2. The van der Waals surface area contributed by atoms with E-state index in [0.717, 1.165) is 11.1 Å². The normalized spacial score (nSPS) is 14.6. The SMILES string of the molecule is Cc1ccc(S(=O)(=O)OCC(C)OC(=O)C(C)(C)CC(CC(C)C)C(=O)OCC(C)OS(=O)(=O)c2ccc(C)cc2)cc1. The lowest BCUT2D eigenvalue weighted by molar-refractivity contribution is -0.163. The Labute approximate surface area is 256 Å². The van der Waals surface area contributed by atoms with Crippen molar-refractivity contribution in [2.75, 3.05) is 13.2 Å². The van der Waals surface area contributed by atoms with Crippen molar-refractivity contribution in [3.8, 4) is 0 Å². The second kappa shape index (κ2) is 15.3. The Balaban J connectivity index is 1.96. The van der Waals surface area contributed by atoms with E-state index >= 15 is 0 Å². The van der Waals surface area contributed by atoms with Gasteiger partial charge in [-0.25, -0.2) is 0 Å². The molecule has 0 aromatic heterocycles. The van der Waals surface area contributed by atoms with Crippen LogP contribution in [0.3, 0.4) is 0 Å². The highest BCUT2D eigenvalue weighted by Gasteiger charge is 2.37. The first-order valence-corrected chi connectivity index (χ1v) is 17.0. The fourth-order valence-electron chi connectivity index (χ4n) is 4.19. The van der Waals surface area contributed by atoms with Gasteiger partial charge in [-0.15, -0.1) is 0 Å². The number of rotatable bonds is 16. The van der Waals surface area contributed by atoms with Gasteiger partial charge in [-0.2, -0.15) is 16.8 Å². The van der Waals surface area contributed by atoms with Crippen LogP contribution in [-0.4, -0.2) is 54.2 Å². The zero-order valence-electron chi connectivity index (χ0n) is 26.2. The predicted molar refractivity (Wildman–Crippen MR) is 161 cm³/mol. The van der Waals surface area contributed by atoms with E-state index in [-0.39, 0.29) is 35.3 Å². The Morgan fingerprint density at radius 2 is 1.23 bits per heavy atom. The lowest BCUT2D eigenvalue weighted by Crippen LogP contribution is -2.36. The number of hydrogen-bond acceptors (Lipinski definition) is 10. The molecule has 240 valence electrons. The quantitative estimate of drug-likeness (QED) is 0.174. The largest absolute Gasteiger partial charge is 0.463 e. The van der Waals surface area contributed by atoms with E-state index < -0.39 is 55.7 Å². The second-order valence-electron chi connectivity index (χ2n) is 12.0. The molecule has 2 aromatic rings. The van der Waals surface area contributed by atoms with Crippen molar-refractivity contribution >= 4 is 32.2 Å². The van der Waals surface area contributed by atoms with Crippen LogP contribution in [0.2, 0.25) is 0 Å². The fourth-order valence-corrected chi connectivity index (χ4v) is 6.23. The topological polar surface area (TPSA) is 139 Å². The maximum atomic E-state index is 13.1. The van der Waals surface area contributed by atoms with Gasteiger partial charge in [-0.3, -0.25) is 18.0 Å². The fraction of sp³-hybridized carbons (Fsp3) is 0.548. The molecule has 12 heteroatoms. The minimum Gasteiger partial charge on any atom is -0.463 e. The van der Waals surface area contributed by atoms with Crippen molar-refractivity contribution < 1.29 is 44.3 Å². The third kappa shape index (κ3) is 11.7. The summed E-state index contributed by atoms with van der Waals surface area (Å²) in [6, 6.07) is 12.4. The third-order valence-electron chi connectivity index (χ3n) is 6.54.